The van der Waals surface area contributed by atoms with Crippen molar-refractivity contribution in [3.8, 4) is 5.75 Å². The zero-order valence-electron chi connectivity index (χ0n) is 12.4. The van der Waals surface area contributed by atoms with Gasteiger partial charge in [-0.05, 0) is 30.7 Å². The fourth-order valence-electron chi connectivity index (χ4n) is 1.82. The first-order valence-electron chi connectivity index (χ1n) is 6.32. The van der Waals surface area contributed by atoms with Crippen LogP contribution in [-0.2, 0) is 0 Å². The molecule has 0 fully saturated rings. The number of thiazole rings is 1. The summed E-state index contributed by atoms with van der Waals surface area (Å²) in [5, 5.41) is 3.52. The molecule has 0 spiro atoms. The van der Waals surface area contributed by atoms with Crippen LogP contribution in [0, 0.1) is 6.92 Å². The highest BCUT2D eigenvalue weighted by atomic mass is 32.1. The van der Waals surface area contributed by atoms with E-state index in [1.54, 1.807) is 13.2 Å². The molecule has 0 aliphatic carbocycles. The van der Waals surface area contributed by atoms with Crippen molar-refractivity contribution in [1.29, 1.82) is 0 Å². The lowest BCUT2D eigenvalue weighted by molar-refractivity contribution is 0.103. The Morgan fingerprint density at radius 3 is 2.67 bits per heavy atom. The summed E-state index contributed by atoms with van der Waals surface area (Å²) in [6.45, 7) is 1.92. The van der Waals surface area contributed by atoms with Gasteiger partial charge in [0.15, 0.2) is 5.13 Å². The molecule has 0 saturated heterocycles. The van der Waals surface area contributed by atoms with Crippen LogP contribution < -0.4 is 20.7 Å². The van der Waals surface area contributed by atoms with Gasteiger partial charge in [-0.25, -0.2) is 4.98 Å². The number of methoxy groups -OCH3 is 1. The molecule has 21 heavy (non-hydrogen) atoms. The molecule has 1 aromatic heterocycles. The zero-order valence-corrected chi connectivity index (χ0v) is 13.2. The molecule has 3 N–H and O–H groups in total. The Labute approximate surface area is 127 Å². The lowest BCUT2D eigenvalue weighted by atomic mass is 10.2. The quantitative estimate of drug-likeness (QED) is 0.906. The number of aromatic nitrogens is 1. The molecule has 1 aromatic carbocycles. The van der Waals surface area contributed by atoms with Crippen LogP contribution in [0.5, 0.6) is 5.75 Å². The van der Waals surface area contributed by atoms with E-state index in [2.05, 4.69) is 10.3 Å². The maximum Gasteiger partial charge on any atom is 0.269 e. The molecule has 0 aliphatic rings. The van der Waals surface area contributed by atoms with Crippen LogP contribution in [-0.4, -0.2) is 32.1 Å². The highest BCUT2D eigenvalue weighted by Crippen LogP contribution is 2.28. The van der Waals surface area contributed by atoms with E-state index in [1.807, 2.05) is 38.1 Å². The summed E-state index contributed by atoms with van der Waals surface area (Å²) in [4.78, 5) is 18.6. The van der Waals surface area contributed by atoms with E-state index in [-0.39, 0.29) is 11.7 Å². The van der Waals surface area contributed by atoms with Crippen molar-refractivity contribution in [2.75, 3.05) is 37.2 Å². The molecule has 7 heteroatoms. The van der Waals surface area contributed by atoms with E-state index in [0.29, 0.717) is 15.7 Å². The summed E-state index contributed by atoms with van der Waals surface area (Å²) in [7, 11) is 5.32. The highest BCUT2D eigenvalue weighted by molar-refractivity contribution is 7.18. The van der Waals surface area contributed by atoms with Crippen LogP contribution in [0.1, 0.15) is 15.2 Å². The molecule has 0 aliphatic heterocycles. The SMILES string of the molecule is COc1ccc(NC(=O)c2sc(N(C)C)nc2N)cc1C. The molecule has 0 atom stereocenters. The molecule has 112 valence electrons. The summed E-state index contributed by atoms with van der Waals surface area (Å²) in [6, 6.07) is 5.45. The van der Waals surface area contributed by atoms with E-state index in [4.69, 9.17) is 10.5 Å². The Morgan fingerprint density at radius 2 is 2.14 bits per heavy atom. The summed E-state index contributed by atoms with van der Waals surface area (Å²) in [5.74, 6) is 0.759. The predicted octanol–water partition coefficient (Wildman–Crippen LogP) is 2.36. The third-order valence-electron chi connectivity index (χ3n) is 2.88. The molecule has 0 saturated carbocycles. The van der Waals surface area contributed by atoms with Crippen LogP contribution >= 0.6 is 11.3 Å². The molecule has 1 amide bonds. The number of amides is 1. The number of aryl methyl sites for hydroxylation is 1. The lowest BCUT2D eigenvalue weighted by Crippen LogP contribution is -2.12. The number of anilines is 3. The van der Waals surface area contributed by atoms with Gasteiger partial charge in [-0.1, -0.05) is 11.3 Å². The van der Waals surface area contributed by atoms with Gasteiger partial charge in [-0.2, -0.15) is 0 Å². The van der Waals surface area contributed by atoms with Crippen LogP contribution in [0.4, 0.5) is 16.6 Å². The van der Waals surface area contributed by atoms with Crippen molar-refractivity contribution in [3.05, 3.63) is 28.6 Å². The van der Waals surface area contributed by atoms with E-state index >= 15 is 0 Å². The summed E-state index contributed by atoms with van der Waals surface area (Å²) < 4.78 is 5.19. The maximum atomic E-state index is 12.3. The Bertz CT molecular complexity index is 667. The summed E-state index contributed by atoms with van der Waals surface area (Å²) in [6.07, 6.45) is 0. The van der Waals surface area contributed by atoms with Crippen molar-refractivity contribution < 1.29 is 9.53 Å². The van der Waals surface area contributed by atoms with Gasteiger partial charge in [0.2, 0.25) is 0 Å². The predicted molar refractivity (Wildman–Crippen MR) is 86.5 cm³/mol. The number of nitrogens with zero attached hydrogens (tertiary/aromatic N) is 2. The summed E-state index contributed by atoms with van der Waals surface area (Å²) >= 11 is 1.26. The first-order chi connectivity index (χ1) is 9.92. The standard InChI is InChI=1S/C14H18N4O2S/c1-8-7-9(5-6-10(8)20-4)16-13(19)11-12(15)17-14(21-11)18(2)3/h5-7H,15H2,1-4H3,(H,16,19). The number of carbonyl (C=O) groups is 1. The van der Waals surface area contributed by atoms with Crippen molar-refractivity contribution in [1.82, 2.24) is 4.98 Å². The van der Waals surface area contributed by atoms with Crippen molar-refractivity contribution in [2.24, 2.45) is 0 Å². The number of carbonyl (C=O) groups excluding carboxylic acids is 1. The zero-order chi connectivity index (χ0) is 15.6. The number of hydrogen-bond acceptors (Lipinski definition) is 6. The second-order valence-electron chi connectivity index (χ2n) is 4.74. The van der Waals surface area contributed by atoms with Gasteiger partial charge in [-0.15, -0.1) is 0 Å². The van der Waals surface area contributed by atoms with Crippen molar-refractivity contribution in [3.63, 3.8) is 0 Å². The average molecular weight is 306 g/mol. The average Bonchev–Trinajstić information content (AvgIpc) is 2.81. The first kappa shape index (κ1) is 15.1. The fraction of sp³-hybridized carbons (Fsp3) is 0.286. The number of nitrogens with one attached hydrogen (secondary N) is 1. The molecule has 1 heterocycles. The van der Waals surface area contributed by atoms with Gasteiger partial charge in [0, 0.05) is 19.8 Å². The minimum absolute atomic E-state index is 0.242. The van der Waals surface area contributed by atoms with E-state index in [9.17, 15) is 4.79 Å². The fourth-order valence-corrected chi connectivity index (χ4v) is 2.62. The van der Waals surface area contributed by atoms with Gasteiger partial charge < -0.3 is 20.7 Å². The second-order valence-corrected chi connectivity index (χ2v) is 5.72. The third-order valence-corrected chi connectivity index (χ3v) is 4.12. The minimum atomic E-state index is -0.261. The number of nitrogen functional groups attached to an aromatic ring is 1. The number of benzene rings is 1. The summed E-state index contributed by atoms with van der Waals surface area (Å²) in [5.41, 5.74) is 7.44. The van der Waals surface area contributed by atoms with Gasteiger partial charge in [0.25, 0.3) is 5.91 Å². The molecule has 6 nitrogen and oxygen atoms in total. The smallest absolute Gasteiger partial charge is 0.269 e. The Hall–Kier alpha value is -2.28. The molecule has 2 rings (SSSR count). The highest BCUT2D eigenvalue weighted by Gasteiger charge is 2.17. The molecule has 0 radical (unpaired) electrons. The normalized spacial score (nSPS) is 10.3. The topological polar surface area (TPSA) is 80.5 Å². The monoisotopic (exact) mass is 306 g/mol. The van der Waals surface area contributed by atoms with Gasteiger partial charge >= 0.3 is 0 Å². The van der Waals surface area contributed by atoms with E-state index < -0.39 is 0 Å². The van der Waals surface area contributed by atoms with E-state index in [1.165, 1.54) is 11.3 Å². The van der Waals surface area contributed by atoms with Gasteiger partial charge in [0.05, 0.1) is 7.11 Å². The minimum Gasteiger partial charge on any atom is -0.496 e. The Kier molecular flexibility index (Phi) is 4.32. The lowest BCUT2D eigenvalue weighted by Gasteiger charge is -2.08. The van der Waals surface area contributed by atoms with Crippen LogP contribution in [0.25, 0.3) is 0 Å². The van der Waals surface area contributed by atoms with Crippen LogP contribution in [0.15, 0.2) is 18.2 Å². The Balaban J connectivity index is 2.20. The Morgan fingerprint density at radius 1 is 1.43 bits per heavy atom. The number of ether oxygens (including phenoxy) is 1. The number of nitrogens with two attached hydrogens (primary N) is 1. The number of hydrogen-bond donors (Lipinski definition) is 2. The molecular formula is C14H18N4O2S. The van der Waals surface area contributed by atoms with Gasteiger partial charge in [-0.3, -0.25) is 4.79 Å². The molecular weight excluding hydrogens is 288 g/mol. The largest absolute Gasteiger partial charge is 0.496 e. The second kappa shape index (κ2) is 6.01. The van der Waals surface area contributed by atoms with E-state index in [0.717, 1.165) is 11.3 Å². The van der Waals surface area contributed by atoms with Crippen molar-refractivity contribution in [2.45, 2.75) is 6.92 Å². The maximum absolute atomic E-state index is 12.3. The molecule has 0 bridgehead atoms. The first-order valence-corrected chi connectivity index (χ1v) is 7.13. The molecule has 2 aromatic rings. The molecule has 0 unspecified atom stereocenters. The van der Waals surface area contributed by atoms with Crippen LogP contribution in [0.3, 0.4) is 0 Å². The third kappa shape index (κ3) is 3.25. The van der Waals surface area contributed by atoms with Crippen molar-refractivity contribution >= 4 is 33.9 Å². The van der Waals surface area contributed by atoms with Crippen LogP contribution in [0.2, 0.25) is 0 Å². The number of rotatable bonds is 4. The van der Waals surface area contributed by atoms with Gasteiger partial charge in [0.1, 0.15) is 16.4 Å².